The standard InChI is InChI=1S/C15H15N5/c16-13-9-20-6-5-17-15(20)14(19-13)18-8-11-7-10-3-1-2-4-12(10)11/h1-6,9,11H,7-8,16H2,(H,18,19). The molecular formula is C15H15N5. The van der Waals surface area contributed by atoms with Gasteiger partial charge >= 0.3 is 0 Å². The molecule has 0 bridgehead atoms. The summed E-state index contributed by atoms with van der Waals surface area (Å²) in [6.45, 7) is 0.857. The maximum atomic E-state index is 5.81. The first-order chi connectivity index (χ1) is 9.81. The zero-order valence-electron chi connectivity index (χ0n) is 11.0. The van der Waals surface area contributed by atoms with Gasteiger partial charge in [0, 0.05) is 24.9 Å². The van der Waals surface area contributed by atoms with Crippen molar-refractivity contribution in [2.75, 3.05) is 17.6 Å². The summed E-state index contributed by atoms with van der Waals surface area (Å²) < 4.78 is 1.89. The van der Waals surface area contributed by atoms with E-state index in [0.717, 1.165) is 24.4 Å². The van der Waals surface area contributed by atoms with Crippen LogP contribution in [0.2, 0.25) is 0 Å². The average Bonchev–Trinajstić information content (AvgIpc) is 2.87. The van der Waals surface area contributed by atoms with E-state index in [1.165, 1.54) is 11.1 Å². The van der Waals surface area contributed by atoms with E-state index in [4.69, 9.17) is 5.73 Å². The number of nitrogens with two attached hydrogens (primary N) is 1. The van der Waals surface area contributed by atoms with Crippen LogP contribution in [0.5, 0.6) is 0 Å². The number of nitrogen functional groups attached to an aromatic ring is 1. The van der Waals surface area contributed by atoms with E-state index in [-0.39, 0.29) is 0 Å². The number of hydrogen-bond acceptors (Lipinski definition) is 4. The van der Waals surface area contributed by atoms with Crippen molar-refractivity contribution in [3.63, 3.8) is 0 Å². The van der Waals surface area contributed by atoms with Crippen molar-refractivity contribution >= 4 is 17.3 Å². The monoisotopic (exact) mass is 265 g/mol. The van der Waals surface area contributed by atoms with Gasteiger partial charge in [-0.2, -0.15) is 0 Å². The quantitative estimate of drug-likeness (QED) is 0.760. The number of fused-ring (bicyclic) bond motifs is 2. The van der Waals surface area contributed by atoms with Gasteiger partial charge in [0.05, 0.1) is 6.20 Å². The molecule has 1 unspecified atom stereocenters. The molecule has 0 radical (unpaired) electrons. The lowest BCUT2D eigenvalue weighted by Crippen LogP contribution is -2.24. The maximum absolute atomic E-state index is 5.81. The highest BCUT2D eigenvalue weighted by Crippen LogP contribution is 2.34. The molecule has 5 nitrogen and oxygen atoms in total. The normalized spacial score (nSPS) is 16.7. The maximum Gasteiger partial charge on any atom is 0.180 e. The Morgan fingerprint density at radius 2 is 2.25 bits per heavy atom. The molecular weight excluding hydrogens is 250 g/mol. The third kappa shape index (κ3) is 1.71. The van der Waals surface area contributed by atoms with Crippen molar-refractivity contribution in [1.29, 1.82) is 0 Å². The minimum absolute atomic E-state index is 0.493. The highest BCUT2D eigenvalue weighted by atomic mass is 15.1. The van der Waals surface area contributed by atoms with Crippen LogP contribution in [0.25, 0.3) is 5.65 Å². The van der Waals surface area contributed by atoms with Crippen molar-refractivity contribution in [3.05, 3.63) is 54.0 Å². The molecule has 3 N–H and O–H groups in total. The molecule has 0 aliphatic heterocycles. The van der Waals surface area contributed by atoms with E-state index in [9.17, 15) is 0 Å². The van der Waals surface area contributed by atoms with Crippen LogP contribution in [0, 0.1) is 0 Å². The van der Waals surface area contributed by atoms with Crippen molar-refractivity contribution in [2.45, 2.75) is 12.3 Å². The summed E-state index contributed by atoms with van der Waals surface area (Å²) in [4.78, 5) is 8.65. The first-order valence-corrected chi connectivity index (χ1v) is 6.72. The van der Waals surface area contributed by atoms with E-state index in [1.54, 1.807) is 12.4 Å². The number of aromatic nitrogens is 3. The minimum Gasteiger partial charge on any atom is -0.382 e. The second-order valence-electron chi connectivity index (χ2n) is 5.15. The lowest BCUT2D eigenvalue weighted by molar-refractivity contribution is 0.635. The van der Waals surface area contributed by atoms with Crippen LogP contribution in [0.15, 0.2) is 42.9 Å². The van der Waals surface area contributed by atoms with Crippen molar-refractivity contribution in [2.24, 2.45) is 0 Å². The van der Waals surface area contributed by atoms with Gasteiger partial charge in [0.15, 0.2) is 11.5 Å². The molecule has 20 heavy (non-hydrogen) atoms. The summed E-state index contributed by atoms with van der Waals surface area (Å²) in [5, 5.41) is 3.38. The van der Waals surface area contributed by atoms with Crippen molar-refractivity contribution in [1.82, 2.24) is 14.4 Å². The summed E-state index contributed by atoms with van der Waals surface area (Å²) in [5.74, 6) is 1.79. The third-order valence-electron chi connectivity index (χ3n) is 3.87. The Bertz CT molecular complexity index is 777. The van der Waals surface area contributed by atoms with Crippen LogP contribution < -0.4 is 11.1 Å². The average molecular weight is 265 g/mol. The first kappa shape index (κ1) is 11.3. The molecule has 0 saturated carbocycles. The number of nitrogens with one attached hydrogen (secondary N) is 1. The Labute approximate surface area is 116 Å². The van der Waals surface area contributed by atoms with E-state index in [2.05, 4.69) is 39.6 Å². The van der Waals surface area contributed by atoms with E-state index in [0.29, 0.717) is 11.7 Å². The number of hydrogen-bond donors (Lipinski definition) is 2. The van der Waals surface area contributed by atoms with Crippen LogP contribution in [0.4, 0.5) is 11.6 Å². The van der Waals surface area contributed by atoms with E-state index in [1.807, 2.05) is 10.6 Å². The highest BCUT2D eigenvalue weighted by Gasteiger charge is 2.25. The Morgan fingerprint density at radius 1 is 1.35 bits per heavy atom. The van der Waals surface area contributed by atoms with Crippen molar-refractivity contribution < 1.29 is 0 Å². The predicted molar refractivity (Wildman–Crippen MR) is 78.8 cm³/mol. The zero-order chi connectivity index (χ0) is 13.5. The fourth-order valence-corrected chi connectivity index (χ4v) is 2.83. The van der Waals surface area contributed by atoms with E-state index >= 15 is 0 Å². The first-order valence-electron chi connectivity index (χ1n) is 6.72. The minimum atomic E-state index is 0.493. The fraction of sp³-hybridized carbons (Fsp3) is 0.200. The molecule has 3 aromatic rings. The summed E-state index contributed by atoms with van der Waals surface area (Å²) in [5.41, 5.74) is 9.51. The van der Waals surface area contributed by atoms with Gasteiger partial charge in [-0.25, -0.2) is 9.97 Å². The Balaban J connectivity index is 1.56. The molecule has 0 amide bonds. The molecule has 0 saturated heterocycles. The fourth-order valence-electron chi connectivity index (χ4n) is 2.83. The van der Waals surface area contributed by atoms with Crippen LogP contribution in [0.3, 0.4) is 0 Å². The number of anilines is 2. The molecule has 4 rings (SSSR count). The summed E-state index contributed by atoms with van der Waals surface area (Å²) in [7, 11) is 0. The van der Waals surface area contributed by atoms with Crippen molar-refractivity contribution in [3.8, 4) is 0 Å². The van der Waals surface area contributed by atoms with Gasteiger partial charge in [-0.15, -0.1) is 0 Å². The van der Waals surface area contributed by atoms with Gasteiger partial charge in [-0.05, 0) is 17.5 Å². The summed E-state index contributed by atoms with van der Waals surface area (Å²) >= 11 is 0. The highest BCUT2D eigenvalue weighted by molar-refractivity contribution is 5.65. The molecule has 2 aromatic heterocycles. The second-order valence-corrected chi connectivity index (χ2v) is 5.15. The molecule has 1 aliphatic carbocycles. The van der Waals surface area contributed by atoms with Crippen LogP contribution >= 0.6 is 0 Å². The SMILES string of the molecule is Nc1cn2ccnc2c(NCC2Cc3ccccc32)n1. The second kappa shape index (κ2) is 4.23. The molecule has 2 heterocycles. The third-order valence-corrected chi connectivity index (χ3v) is 3.87. The summed E-state index contributed by atoms with van der Waals surface area (Å²) in [6, 6.07) is 8.58. The van der Waals surface area contributed by atoms with Gasteiger partial charge in [-0.1, -0.05) is 24.3 Å². The van der Waals surface area contributed by atoms with Crippen LogP contribution in [-0.2, 0) is 6.42 Å². The number of nitrogens with zero attached hydrogens (tertiary/aromatic N) is 3. The topological polar surface area (TPSA) is 68.2 Å². The molecule has 100 valence electrons. The lowest BCUT2D eigenvalue weighted by atomic mass is 9.78. The Kier molecular flexibility index (Phi) is 2.39. The molecule has 0 spiro atoms. The van der Waals surface area contributed by atoms with Gasteiger partial charge in [0.2, 0.25) is 0 Å². The number of imidazole rings is 1. The summed E-state index contributed by atoms with van der Waals surface area (Å²) in [6.07, 6.45) is 6.51. The smallest absolute Gasteiger partial charge is 0.180 e. The van der Waals surface area contributed by atoms with Crippen LogP contribution in [0.1, 0.15) is 17.0 Å². The Morgan fingerprint density at radius 3 is 3.15 bits per heavy atom. The number of benzene rings is 1. The van der Waals surface area contributed by atoms with Crippen LogP contribution in [-0.4, -0.2) is 20.9 Å². The Hall–Kier alpha value is -2.56. The number of rotatable bonds is 3. The zero-order valence-corrected chi connectivity index (χ0v) is 11.0. The van der Waals surface area contributed by atoms with E-state index < -0.39 is 0 Å². The van der Waals surface area contributed by atoms with Gasteiger partial charge < -0.3 is 15.5 Å². The van der Waals surface area contributed by atoms with Gasteiger partial charge in [0.1, 0.15) is 5.82 Å². The molecule has 0 fully saturated rings. The molecule has 1 atom stereocenters. The molecule has 5 heteroatoms. The largest absolute Gasteiger partial charge is 0.382 e. The molecule has 1 aromatic carbocycles. The predicted octanol–water partition coefficient (Wildman–Crippen LogP) is 2.06. The van der Waals surface area contributed by atoms with Gasteiger partial charge in [-0.3, -0.25) is 0 Å². The lowest BCUT2D eigenvalue weighted by Gasteiger charge is -2.30. The molecule has 1 aliphatic rings. The van der Waals surface area contributed by atoms with Gasteiger partial charge in [0.25, 0.3) is 0 Å².